The number of aromatic nitrogens is 2. The molecule has 0 bridgehead atoms. The zero-order valence-corrected chi connectivity index (χ0v) is 19.7. The SMILES string of the molecule is CSc1nc(Cl)c(/C=N/Nc2cccc3cccc(Cl)c23)c(N2CCNC(CC#N)C2)n1. The number of benzene rings is 2. The molecule has 0 spiro atoms. The molecular weight excluding hydrogens is 465 g/mol. The van der Waals surface area contributed by atoms with Crippen LogP contribution < -0.4 is 15.6 Å². The van der Waals surface area contributed by atoms with Crippen molar-refractivity contribution in [3.05, 3.63) is 52.1 Å². The molecule has 0 radical (unpaired) electrons. The average Bonchev–Trinajstić information content (AvgIpc) is 2.80. The zero-order valence-electron chi connectivity index (χ0n) is 17.3. The van der Waals surface area contributed by atoms with Gasteiger partial charge in [-0.2, -0.15) is 10.4 Å². The molecule has 2 aromatic carbocycles. The van der Waals surface area contributed by atoms with Gasteiger partial charge in [0.25, 0.3) is 0 Å². The number of hydrazone groups is 1. The monoisotopic (exact) mass is 485 g/mol. The highest BCUT2D eigenvalue weighted by molar-refractivity contribution is 7.98. The number of fused-ring (bicyclic) bond motifs is 1. The summed E-state index contributed by atoms with van der Waals surface area (Å²) in [5, 5.41) is 20.4. The third-order valence-electron chi connectivity index (χ3n) is 5.17. The lowest BCUT2D eigenvalue weighted by atomic mass is 10.1. The van der Waals surface area contributed by atoms with Gasteiger partial charge in [0.1, 0.15) is 11.0 Å². The number of hydrogen-bond donors (Lipinski definition) is 2. The number of nitrogens with zero attached hydrogens (tertiary/aromatic N) is 5. The average molecular weight is 486 g/mol. The van der Waals surface area contributed by atoms with Gasteiger partial charge >= 0.3 is 0 Å². The minimum absolute atomic E-state index is 0.0703. The van der Waals surface area contributed by atoms with Gasteiger partial charge in [-0.05, 0) is 23.8 Å². The first-order valence-corrected chi connectivity index (χ1v) is 12.0. The van der Waals surface area contributed by atoms with Gasteiger partial charge in [-0.25, -0.2) is 9.97 Å². The summed E-state index contributed by atoms with van der Waals surface area (Å²) >= 11 is 14.4. The van der Waals surface area contributed by atoms with Gasteiger partial charge in [0.15, 0.2) is 5.16 Å². The predicted molar refractivity (Wildman–Crippen MR) is 133 cm³/mol. The topological polar surface area (TPSA) is 89.2 Å². The highest BCUT2D eigenvalue weighted by Crippen LogP contribution is 2.31. The lowest BCUT2D eigenvalue weighted by molar-refractivity contribution is 0.459. The molecule has 1 aliphatic rings. The third kappa shape index (κ3) is 4.92. The maximum absolute atomic E-state index is 9.08. The fourth-order valence-corrected chi connectivity index (χ4v) is 4.58. The van der Waals surface area contributed by atoms with E-state index in [9.17, 15) is 0 Å². The van der Waals surface area contributed by atoms with E-state index in [4.69, 9.17) is 33.4 Å². The van der Waals surface area contributed by atoms with E-state index in [1.54, 1.807) is 6.21 Å². The van der Waals surface area contributed by atoms with Crippen LogP contribution >= 0.6 is 35.0 Å². The van der Waals surface area contributed by atoms with Crippen LogP contribution in [0.15, 0.2) is 46.7 Å². The van der Waals surface area contributed by atoms with Crippen molar-refractivity contribution in [2.45, 2.75) is 17.6 Å². The van der Waals surface area contributed by atoms with Crippen LogP contribution in [0.25, 0.3) is 10.8 Å². The smallest absolute Gasteiger partial charge is 0.190 e. The maximum Gasteiger partial charge on any atom is 0.190 e. The predicted octanol–water partition coefficient (Wildman–Crippen LogP) is 4.80. The molecule has 2 heterocycles. The Morgan fingerprint density at radius 2 is 2.12 bits per heavy atom. The highest BCUT2D eigenvalue weighted by Gasteiger charge is 2.24. The van der Waals surface area contributed by atoms with Crippen molar-refractivity contribution in [3.63, 3.8) is 0 Å². The number of hydrogen-bond acceptors (Lipinski definition) is 8. The normalized spacial score (nSPS) is 16.4. The Kier molecular flexibility index (Phi) is 7.33. The number of anilines is 2. The Hall–Kier alpha value is -2.57. The van der Waals surface area contributed by atoms with Crippen LogP contribution in [0, 0.1) is 11.3 Å². The number of nitriles is 1. The Bertz CT molecular complexity index is 1190. The van der Waals surface area contributed by atoms with Crippen LogP contribution in [-0.4, -0.2) is 48.1 Å². The largest absolute Gasteiger partial charge is 0.353 e. The molecule has 0 saturated carbocycles. The molecule has 1 unspecified atom stereocenters. The van der Waals surface area contributed by atoms with E-state index in [-0.39, 0.29) is 6.04 Å². The first-order valence-electron chi connectivity index (χ1n) is 10.0. The second-order valence-electron chi connectivity index (χ2n) is 7.21. The standard InChI is InChI=1S/C22H21Cl2N7S/c1-32-22-28-20(24)16(21(29-22)31-11-10-26-15(13-31)8-9-25)12-27-30-18-7-3-5-14-4-2-6-17(23)19(14)18/h2-7,12,15,26,30H,8,10-11,13H2,1H3/b27-12+. The van der Waals surface area contributed by atoms with E-state index < -0.39 is 0 Å². The van der Waals surface area contributed by atoms with Gasteiger partial charge in [-0.1, -0.05) is 59.2 Å². The quantitative estimate of drug-likeness (QED) is 0.170. The summed E-state index contributed by atoms with van der Waals surface area (Å²) in [7, 11) is 0. The van der Waals surface area contributed by atoms with E-state index in [1.165, 1.54) is 11.8 Å². The summed E-state index contributed by atoms with van der Waals surface area (Å²) in [6.45, 7) is 2.16. The first-order chi connectivity index (χ1) is 15.6. The van der Waals surface area contributed by atoms with Crippen LogP contribution in [0.4, 0.5) is 11.5 Å². The summed E-state index contributed by atoms with van der Waals surface area (Å²) < 4.78 is 0. The molecule has 32 heavy (non-hydrogen) atoms. The highest BCUT2D eigenvalue weighted by atomic mass is 35.5. The van der Waals surface area contributed by atoms with Gasteiger partial charge in [0, 0.05) is 31.1 Å². The van der Waals surface area contributed by atoms with E-state index in [1.807, 2.05) is 42.7 Å². The third-order valence-corrected chi connectivity index (χ3v) is 6.32. The molecular formula is C22H21Cl2N7S. The van der Waals surface area contributed by atoms with Gasteiger partial charge in [0.05, 0.1) is 35.0 Å². The molecule has 1 fully saturated rings. The molecule has 7 nitrogen and oxygen atoms in total. The molecule has 3 aromatic rings. The molecule has 1 atom stereocenters. The summed E-state index contributed by atoms with van der Waals surface area (Å²) in [4.78, 5) is 11.2. The summed E-state index contributed by atoms with van der Waals surface area (Å²) in [6, 6.07) is 13.9. The Morgan fingerprint density at radius 1 is 1.31 bits per heavy atom. The number of nitrogens with one attached hydrogen (secondary N) is 2. The second-order valence-corrected chi connectivity index (χ2v) is 8.75. The summed E-state index contributed by atoms with van der Waals surface area (Å²) in [5.41, 5.74) is 4.50. The number of rotatable bonds is 6. The molecule has 10 heteroatoms. The molecule has 1 aromatic heterocycles. The lowest BCUT2D eigenvalue weighted by Crippen LogP contribution is -2.51. The minimum Gasteiger partial charge on any atom is -0.353 e. The molecule has 0 aliphatic carbocycles. The lowest BCUT2D eigenvalue weighted by Gasteiger charge is -2.34. The van der Waals surface area contributed by atoms with E-state index in [2.05, 4.69) is 31.8 Å². The Morgan fingerprint density at radius 3 is 2.91 bits per heavy atom. The first kappa shape index (κ1) is 22.6. The molecule has 4 rings (SSSR count). The zero-order chi connectivity index (χ0) is 22.5. The fourth-order valence-electron chi connectivity index (χ4n) is 3.68. The molecule has 164 valence electrons. The van der Waals surface area contributed by atoms with Crippen LogP contribution in [0.5, 0.6) is 0 Å². The number of halogens is 2. The van der Waals surface area contributed by atoms with Gasteiger partial charge in [0.2, 0.25) is 0 Å². The van der Waals surface area contributed by atoms with Crippen LogP contribution in [-0.2, 0) is 0 Å². The van der Waals surface area contributed by atoms with Crippen molar-refractivity contribution in [1.29, 1.82) is 5.26 Å². The van der Waals surface area contributed by atoms with Crippen molar-refractivity contribution >= 4 is 63.5 Å². The van der Waals surface area contributed by atoms with E-state index in [0.29, 0.717) is 39.7 Å². The number of piperazine rings is 1. The van der Waals surface area contributed by atoms with Crippen LogP contribution in [0.3, 0.4) is 0 Å². The van der Waals surface area contributed by atoms with Crippen molar-refractivity contribution in [2.75, 3.05) is 36.2 Å². The van der Waals surface area contributed by atoms with Crippen LogP contribution in [0.1, 0.15) is 12.0 Å². The van der Waals surface area contributed by atoms with Crippen molar-refractivity contribution in [2.24, 2.45) is 5.10 Å². The van der Waals surface area contributed by atoms with Gasteiger partial charge in [-0.3, -0.25) is 5.43 Å². The fraction of sp³-hybridized carbons (Fsp3) is 0.273. The minimum atomic E-state index is 0.0703. The van der Waals surface area contributed by atoms with Crippen molar-refractivity contribution < 1.29 is 0 Å². The second kappa shape index (κ2) is 10.4. The molecule has 2 N–H and O–H groups in total. The van der Waals surface area contributed by atoms with Crippen LogP contribution in [0.2, 0.25) is 10.2 Å². The van der Waals surface area contributed by atoms with E-state index in [0.717, 1.165) is 29.5 Å². The molecule has 1 aliphatic heterocycles. The van der Waals surface area contributed by atoms with Crippen molar-refractivity contribution in [3.8, 4) is 6.07 Å². The molecule has 0 amide bonds. The Labute approximate surface area is 200 Å². The molecule has 1 saturated heterocycles. The summed E-state index contributed by atoms with van der Waals surface area (Å²) in [5.74, 6) is 0.709. The van der Waals surface area contributed by atoms with Gasteiger partial charge < -0.3 is 10.2 Å². The number of thioether (sulfide) groups is 1. The Balaban J connectivity index is 1.65. The maximum atomic E-state index is 9.08. The van der Waals surface area contributed by atoms with Crippen molar-refractivity contribution in [1.82, 2.24) is 15.3 Å². The summed E-state index contributed by atoms with van der Waals surface area (Å²) in [6.07, 6.45) is 3.97. The van der Waals surface area contributed by atoms with Gasteiger partial charge in [-0.15, -0.1) is 0 Å². The van der Waals surface area contributed by atoms with E-state index >= 15 is 0 Å².